The zero-order valence-corrected chi connectivity index (χ0v) is 6.19. The first kappa shape index (κ1) is 8.38. The van der Waals surface area contributed by atoms with Gasteiger partial charge in [-0.25, -0.2) is 4.79 Å². The number of aromatic nitrogens is 1. The van der Waals surface area contributed by atoms with Crippen molar-refractivity contribution in [2.75, 3.05) is 5.84 Å². The summed E-state index contributed by atoms with van der Waals surface area (Å²) >= 11 is 0. The Labute approximate surface area is 67.1 Å². The van der Waals surface area contributed by atoms with E-state index in [1.807, 2.05) is 0 Å². The number of nitrogens with zero attached hydrogens (tertiary/aromatic N) is 1. The highest BCUT2D eigenvalue weighted by atomic mass is 16.5. The maximum Gasteiger partial charge on any atom is 0.363 e. The fourth-order valence-corrected chi connectivity index (χ4v) is 0.795. The topological polar surface area (TPSA) is 98.5 Å². The van der Waals surface area contributed by atoms with E-state index in [2.05, 4.69) is 4.52 Å². The van der Waals surface area contributed by atoms with Crippen molar-refractivity contribution in [1.29, 1.82) is 0 Å². The van der Waals surface area contributed by atoms with E-state index in [1.54, 1.807) is 0 Å². The van der Waals surface area contributed by atoms with E-state index in [1.165, 1.54) is 6.20 Å². The minimum Gasteiger partial charge on any atom is -0.481 e. The van der Waals surface area contributed by atoms with Gasteiger partial charge in [0.05, 0.1) is 11.8 Å². The van der Waals surface area contributed by atoms with E-state index in [9.17, 15) is 9.59 Å². The lowest BCUT2D eigenvalue weighted by molar-refractivity contribution is -0.136. The van der Waals surface area contributed by atoms with Crippen molar-refractivity contribution in [1.82, 2.24) is 4.85 Å². The number of carbonyl (C=O) groups is 1. The molecule has 6 nitrogen and oxygen atoms in total. The Morgan fingerprint density at radius 3 is 2.83 bits per heavy atom. The van der Waals surface area contributed by atoms with Crippen LogP contribution in [0, 0.1) is 0 Å². The monoisotopic (exact) mass is 172 g/mol. The Kier molecular flexibility index (Phi) is 2.18. The van der Waals surface area contributed by atoms with Crippen LogP contribution in [0.5, 0.6) is 0 Å². The lowest BCUT2D eigenvalue weighted by Gasteiger charge is -1.87. The summed E-state index contributed by atoms with van der Waals surface area (Å²) < 4.78 is 4.39. The molecule has 1 rings (SSSR count). The average Bonchev–Trinajstić information content (AvgIpc) is 2.26. The standard InChI is InChI=1S/C6H8N2O4/c7-8-3-4(6(11)12-8)1-2-5(9)10/h3H,1-2,7H2,(H,9,10). The largest absolute Gasteiger partial charge is 0.481 e. The van der Waals surface area contributed by atoms with Crippen LogP contribution in [-0.2, 0) is 11.2 Å². The van der Waals surface area contributed by atoms with Gasteiger partial charge in [-0.15, -0.1) is 4.85 Å². The maximum absolute atomic E-state index is 10.8. The first-order chi connectivity index (χ1) is 5.59. The van der Waals surface area contributed by atoms with E-state index in [0.717, 1.165) is 4.85 Å². The summed E-state index contributed by atoms with van der Waals surface area (Å²) in [7, 11) is 0. The number of rotatable bonds is 3. The molecule has 0 atom stereocenters. The smallest absolute Gasteiger partial charge is 0.363 e. The van der Waals surface area contributed by atoms with Crippen molar-refractivity contribution in [2.45, 2.75) is 12.8 Å². The van der Waals surface area contributed by atoms with Gasteiger partial charge >= 0.3 is 11.6 Å². The van der Waals surface area contributed by atoms with Crippen molar-refractivity contribution in [3.63, 3.8) is 0 Å². The van der Waals surface area contributed by atoms with Crippen LogP contribution in [0.25, 0.3) is 0 Å². The minimum atomic E-state index is -0.959. The second-order valence-corrected chi connectivity index (χ2v) is 2.29. The van der Waals surface area contributed by atoms with Crippen molar-refractivity contribution < 1.29 is 14.4 Å². The van der Waals surface area contributed by atoms with Gasteiger partial charge in [0.25, 0.3) is 0 Å². The van der Waals surface area contributed by atoms with Gasteiger partial charge < -0.3 is 15.5 Å². The van der Waals surface area contributed by atoms with E-state index in [0.29, 0.717) is 0 Å². The van der Waals surface area contributed by atoms with Gasteiger partial charge in [-0.2, -0.15) is 0 Å². The van der Waals surface area contributed by atoms with Crippen molar-refractivity contribution in [3.05, 3.63) is 22.2 Å². The summed E-state index contributed by atoms with van der Waals surface area (Å²) in [5, 5.41) is 8.30. The average molecular weight is 172 g/mol. The highest BCUT2D eigenvalue weighted by Gasteiger charge is 2.06. The summed E-state index contributed by atoms with van der Waals surface area (Å²) in [5.74, 6) is 4.13. The normalized spacial score (nSPS) is 10.0. The first-order valence-electron chi connectivity index (χ1n) is 3.28. The molecule has 0 aromatic carbocycles. The molecule has 0 aliphatic heterocycles. The third kappa shape index (κ3) is 1.88. The van der Waals surface area contributed by atoms with Crippen LogP contribution in [0.2, 0.25) is 0 Å². The minimum absolute atomic E-state index is 0.102. The predicted molar refractivity (Wildman–Crippen MR) is 39.1 cm³/mol. The molecule has 0 radical (unpaired) electrons. The van der Waals surface area contributed by atoms with Gasteiger partial charge in [0.1, 0.15) is 0 Å². The van der Waals surface area contributed by atoms with E-state index < -0.39 is 11.6 Å². The molecule has 12 heavy (non-hydrogen) atoms. The fraction of sp³-hybridized carbons (Fsp3) is 0.333. The number of nitrogens with two attached hydrogens (primary N) is 1. The molecule has 0 aliphatic rings. The van der Waals surface area contributed by atoms with Crippen LogP contribution in [0.15, 0.2) is 15.5 Å². The molecule has 1 aromatic rings. The number of carboxylic acid groups (broad SMARTS) is 1. The van der Waals surface area contributed by atoms with Crippen molar-refractivity contribution in [2.24, 2.45) is 0 Å². The molecular weight excluding hydrogens is 164 g/mol. The molecule has 1 aromatic heterocycles. The van der Waals surface area contributed by atoms with Gasteiger partial charge in [0, 0.05) is 6.42 Å². The molecule has 1 heterocycles. The molecule has 0 spiro atoms. The van der Waals surface area contributed by atoms with E-state index in [-0.39, 0.29) is 18.4 Å². The van der Waals surface area contributed by atoms with Crippen LogP contribution < -0.4 is 11.5 Å². The molecule has 66 valence electrons. The van der Waals surface area contributed by atoms with E-state index >= 15 is 0 Å². The summed E-state index contributed by atoms with van der Waals surface area (Å²) in [4.78, 5) is 21.7. The Balaban J connectivity index is 2.69. The zero-order chi connectivity index (χ0) is 9.14. The quantitative estimate of drug-likeness (QED) is 0.580. The van der Waals surface area contributed by atoms with Gasteiger partial charge in [-0.05, 0) is 6.42 Å². The van der Waals surface area contributed by atoms with Gasteiger partial charge in [0.15, 0.2) is 0 Å². The number of aryl methyl sites for hydroxylation is 1. The molecule has 0 aliphatic carbocycles. The SMILES string of the molecule is Nn1cc(CCC(=O)O)c(=O)o1. The maximum atomic E-state index is 10.8. The number of hydrogen-bond donors (Lipinski definition) is 2. The van der Waals surface area contributed by atoms with Gasteiger partial charge in [-0.3, -0.25) is 4.79 Å². The second-order valence-electron chi connectivity index (χ2n) is 2.29. The summed E-state index contributed by atoms with van der Waals surface area (Å²) in [5.41, 5.74) is -0.307. The van der Waals surface area contributed by atoms with Crippen LogP contribution in [0.3, 0.4) is 0 Å². The van der Waals surface area contributed by atoms with Crippen molar-refractivity contribution in [3.8, 4) is 0 Å². The molecule has 0 saturated heterocycles. The molecule has 0 saturated carbocycles. The summed E-state index contributed by atoms with van der Waals surface area (Å²) in [6, 6.07) is 0. The Bertz CT molecular complexity index is 338. The molecular formula is C6H8N2O4. The molecule has 0 unspecified atom stereocenters. The second kappa shape index (κ2) is 3.12. The van der Waals surface area contributed by atoms with Crippen molar-refractivity contribution >= 4 is 5.97 Å². The number of carboxylic acids is 1. The van der Waals surface area contributed by atoms with E-state index in [4.69, 9.17) is 10.9 Å². The lowest BCUT2D eigenvalue weighted by atomic mass is 10.2. The molecule has 6 heteroatoms. The van der Waals surface area contributed by atoms with Crippen LogP contribution in [0.4, 0.5) is 0 Å². The number of hydrogen-bond acceptors (Lipinski definition) is 4. The molecule has 0 fully saturated rings. The van der Waals surface area contributed by atoms with Crippen LogP contribution in [-0.4, -0.2) is 15.9 Å². The Morgan fingerprint density at radius 1 is 1.75 bits per heavy atom. The number of aliphatic carboxylic acids is 1. The summed E-state index contributed by atoms with van der Waals surface area (Å²) in [6.07, 6.45) is 1.31. The number of nitrogen functional groups attached to an aromatic ring is 1. The lowest BCUT2D eigenvalue weighted by Crippen LogP contribution is -2.05. The van der Waals surface area contributed by atoms with Crippen LogP contribution in [0.1, 0.15) is 12.0 Å². The first-order valence-corrected chi connectivity index (χ1v) is 3.28. The Hall–Kier alpha value is -1.72. The fourth-order valence-electron chi connectivity index (χ4n) is 0.795. The predicted octanol–water partition coefficient (Wildman–Crippen LogP) is -0.828. The summed E-state index contributed by atoms with van der Waals surface area (Å²) in [6.45, 7) is 0. The highest BCUT2D eigenvalue weighted by Crippen LogP contribution is 1.95. The molecule has 0 bridgehead atoms. The zero-order valence-electron chi connectivity index (χ0n) is 6.19. The molecule has 3 N–H and O–H groups in total. The van der Waals surface area contributed by atoms with Crippen LogP contribution >= 0.6 is 0 Å². The van der Waals surface area contributed by atoms with Gasteiger partial charge in [0.2, 0.25) is 0 Å². The van der Waals surface area contributed by atoms with Gasteiger partial charge in [-0.1, -0.05) is 0 Å². The Morgan fingerprint density at radius 2 is 2.42 bits per heavy atom. The highest BCUT2D eigenvalue weighted by molar-refractivity contribution is 5.66. The third-order valence-corrected chi connectivity index (χ3v) is 1.34. The third-order valence-electron chi connectivity index (χ3n) is 1.34. The molecule has 0 amide bonds.